The second kappa shape index (κ2) is 15.9. The summed E-state index contributed by atoms with van der Waals surface area (Å²) in [5, 5.41) is 3.79. The Hall–Kier alpha value is -2.28. The maximum absolute atomic E-state index is 13.7. The van der Waals surface area contributed by atoms with E-state index in [2.05, 4.69) is 28.2 Å². The van der Waals surface area contributed by atoms with Gasteiger partial charge in [-0.25, -0.2) is 0 Å². The molecule has 1 N–H and O–H groups in total. The van der Waals surface area contributed by atoms with Crippen LogP contribution in [-0.4, -0.2) is 35.1 Å². The normalized spacial score (nSPS) is 11.6. The minimum absolute atomic E-state index is 0.0109. The van der Waals surface area contributed by atoms with Crippen LogP contribution in [0, 0.1) is 0 Å². The van der Waals surface area contributed by atoms with Gasteiger partial charge in [0.15, 0.2) is 0 Å². The summed E-state index contributed by atoms with van der Waals surface area (Å²) >= 11 is 11.2. The lowest BCUT2D eigenvalue weighted by atomic mass is 10.0. The Bertz CT molecular complexity index is 1130. The largest absolute Gasteiger partial charge is 0.354 e. The van der Waals surface area contributed by atoms with Gasteiger partial charge in [-0.15, -0.1) is 11.8 Å². The second-order valence-corrected chi connectivity index (χ2v) is 11.4. The summed E-state index contributed by atoms with van der Waals surface area (Å²) in [5.74, 6) is 0.698. The summed E-state index contributed by atoms with van der Waals surface area (Å²) in [6, 6.07) is 25.0. The Kier molecular flexibility index (Phi) is 12.5. The Balaban J connectivity index is 1.77. The predicted molar refractivity (Wildman–Crippen MR) is 158 cm³/mol. The van der Waals surface area contributed by atoms with Crippen LogP contribution in [0.4, 0.5) is 0 Å². The van der Waals surface area contributed by atoms with E-state index < -0.39 is 6.04 Å². The van der Waals surface area contributed by atoms with E-state index in [1.54, 1.807) is 16.7 Å². The first-order valence-electron chi connectivity index (χ1n) is 12.7. The third-order valence-electron chi connectivity index (χ3n) is 5.96. The van der Waals surface area contributed by atoms with Crippen LogP contribution in [0.15, 0.2) is 88.2 Å². The summed E-state index contributed by atoms with van der Waals surface area (Å²) in [6.45, 7) is 3.08. The molecule has 0 saturated heterocycles. The van der Waals surface area contributed by atoms with Crippen LogP contribution < -0.4 is 5.32 Å². The van der Waals surface area contributed by atoms with Crippen molar-refractivity contribution in [3.63, 3.8) is 0 Å². The van der Waals surface area contributed by atoms with E-state index >= 15 is 0 Å². The molecule has 3 aromatic carbocycles. The van der Waals surface area contributed by atoms with Gasteiger partial charge in [-0.05, 0) is 66.1 Å². The average molecular weight is 602 g/mol. The smallest absolute Gasteiger partial charge is 0.243 e. The summed E-state index contributed by atoms with van der Waals surface area (Å²) < 4.78 is 0.948. The number of halogens is 2. The molecule has 0 aliphatic heterocycles. The molecule has 3 rings (SSSR count). The van der Waals surface area contributed by atoms with E-state index in [1.165, 1.54) is 0 Å². The maximum atomic E-state index is 13.7. The number of nitrogens with one attached hydrogen (secondary N) is 1. The Morgan fingerprint density at radius 1 is 0.973 bits per heavy atom. The molecule has 1 atom stereocenters. The van der Waals surface area contributed by atoms with Crippen LogP contribution in [0.25, 0.3) is 0 Å². The van der Waals surface area contributed by atoms with Gasteiger partial charge in [0.05, 0.1) is 0 Å². The van der Waals surface area contributed by atoms with Crippen molar-refractivity contribution in [2.45, 2.75) is 56.5 Å². The van der Waals surface area contributed by atoms with Crippen molar-refractivity contribution in [1.29, 1.82) is 0 Å². The van der Waals surface area contributed by atoms with Crippen molar-refractivity contribution in [2.24, 2.45) is 0 Å². The number of benzene rings is 3. The number of hydrogen-bond acceptors (Lipinski definition) is 3. The van der Waals surface area contributed by atoms with Gasteiger partial charge in [0, 0.05) is 40.3 Å². The van der Waals surface area contributed by atoms with Crippen molar-refractivity contribution < 1.29 is 9.59 Å². The Morgan fingerprint density at radius 2 is 1.70 bits per heavy atom. The Labute approximate surface area is 238 Å². The highest BCUT2D eigenvalue weighted by Gasteiger charge is 2.30. The fraction of sp³-hybridized carbons (Fsp3) is 0.333. The number of hydrogen-bond donors (Lipinski definition) is 1. The van der Waals surface area contributed by atoms with Crippen LogP contribution in [0.3, 0.4) is 0 Å². The molecule has 0 spiro atoms. The highest BCUT2D eigenvalue weighted by atomic mass is 79.9. The number of carbonyl (C=O) groups is 2. The average Bonchev–Trinajstić information content (AvgIpc) is 2.90. The quantitative estimate of drug-likeness (QED) is 0.153. The predicted octanol–water partition coefficient (Wildman–Crippen LogP) is 7.53. The molecule has 0 radical (unpaired) electrons. The van der Waals surface area contributed by atoms with Gasteiger partial charge in [0.25, 0.3) is 0 Å². The van der Waals surface area contributed by atoms with Crippen LogP contribution in [0.2, 0.25) is 5.02 Å². The van der Waals surface area contributed by atoms with Crippen LogP contribution in [-0.2, 0) is 22.6 Å². The molecular formula is C30H34BrClN2O2S. The van der Waals surface area contributed by atoms with E-state index in [0.29, 0.717) is 31.0 Å². The van der Waals surface area contributed by atoms with E-state index in [4.69, 9.17) is 11.6 Å². The molecule has 0 aliphatic rings. The van der Waals surface area contributed by atoms with Gasteiger partial charge < -0.3 is 10.2 Å². The van der Waals surface area contributed by atoms with Gasteiger partial charge >= 0.3 is 0 Å². The number of carbonyl (C=O) groups excluding carboxylic acids is 2. The zero-order valence-corrected chi connectivity index (χ0v) is 24.3. The third kappa shape index (κ3) is 10.2. The van der Waals surface area contributed by atoms with Crippen molar-refractivity contribution in [2.75, 3.05) is 12.3 Å². The molecule has 0 bridgehead atoms. The van der Waals surface area contributed by atoms with Gasteiger partial charge in [-0.2, -0.15) is 0 Å². The van der Waals surface area contributed by atoms with E-state index in [1.807, 2.05) is 78.9 Å². The monoisotopic (exact) mass is 600 g/mol. The molecular weight excluding hydrogens is 568 g/mol. The standard InChI is InChI=1S/C30H34BrClN2O2S/c1-2-3-18-33-30(36)28(21-23-9-5-4-6-10-23)34(22-24-11-7-12-25(31)20-24)29(35)13-8-19-37-27-16-14-26(32)15-17-27/h4-7,9-12,14-17,20,28H,2-3,8,13,18-19,21-22H2,1H3,(H,33,36)/t28-/m1/s1. The van der Waals surface area contributed by atoms with Gasteiger partial charge in [0.1, 0.15) is 6.04 Å². The van der Waals surface area contributed by atoms with Crippen molar-refractivity contribution in [1.82, 2.24) is 10.2 Å². The van der Waals surface area contributed by atoms with Gasteiger partial charge in [0.2, 0.25) is 11.8 Å². The highest BCUT2D eigenvalue weighted by molar-refractivity contribution is 9.10. The number of rotatable bonds is 14. The lowest BCUT2D eigenvalue weighted by molar-refractivity contribution is -0.141. The van der Waals surface area contributed by atoms with Crippen molar-refractivity contribution in [3.8, 4) is 0 Å². The molecule has 4 nitrogen and oxygen atoms in total. The molecule has 0 aliphatic carbocycles. The second-order valence-electron chi connectivity index (χ2n) is 8.91. The summed E-state index contributed by atoms with van der Waals surface area (Å²) in [4.78, 5) is 30.0. The summed E-state index contributed by atoms with van der Waals surface area (Å²) in [5.41, 5.74) is 2.01. The van der Waals surface area contributed by atoms with Crippen LogP contribution in [0.5, 0.6) is 0 Å². The number of thioether (sulfide) groups is 1. The molecule has 7 heteroatoms. The lowest BCUT2D eigenvalue weighted by Gasteiger charge is -2.31. The molecule has 37 heavy (non-hydrogen) atoms. The first-order valence-corrected chi connectivity index (χ1v) is 14.9. The molecule has 0 heterocycles. The fourth-order valence-electron chi connectivity index (χ4n) is 3.98. The topological polar surface area (TPSA) is 49.4 Å². The lowest BCUT2D eigenvalue weighted by Crippen LogP contribution is -2.50. The zero-order valence-electron chi connectivity index (χ0n) is 21.2. The third-order valence-corrected chi connectivity index (χ3v) is 7.80. The SMILES string of the molecule is CCCCNC(=O)[C@@H](Cc1ccccc1)N(Cc1cccc(Br)c1)C(=O)CCCSc1ccc(Cl)cc1. The summed E-state index contributed by atoms with van der Waals surface area (Å²) in [7, 11) is 0. The van der Waals surface area contributed by atoms with E-state index in [0.717, 1.165) is 45.5 Å². The minimum atomic E-state index is -0.588. The number of nitrogens with zero attached hydrogens (tertiary/aromatic N) is 1. The first-order chi connectivity index (χ1) is 18.0. The fourth-order valence-corrected chi connectivity index (χ4v) is 5.41. The molecule has 3 aromatic rings. The van der Waals surface area contributed by atoms with E-state index in [-0.39, 0.29) is 11.8 Å². The van der Waals surface area contributed by atoms with Crippen LogP contribution >= 0.6 is 39.3 Å². The molecule has 0 aromatic heterocycles. The van der Waals surface area contributed by atoms with Gasteiger partial charge in [-0.3, -0.25) is 9.59 Å². The molecule has 0 unspecified atom stereocenters. The number of unbranched alkanes of at least 4 members (excludes halogenated alkanes) is 1. The highest BCUT2D eigenvalue weighted by Crippen LogP contribution is 2.23. The molecule has 196 valence electrons. The minimum Gasteiger partial charge on any atom is -0.354 e. The maximum Gasteiger partial charge on any atom is 0.243 e. The zero-order chi connectivity index (χ0) is 26.5. The van der Waals surface area contributed by atoms with Crippen LogP contribution in [0.1, 0.15) is 43.7 Å². The van der Waals surface area contributed by atoms with E-state index in [9.17, 15) is 9.59 Å². The molecule has 0 fully saturated rings. The molecule has 2 amide bonds. The van der Waals surface area contributed by atoms with Crippen molar-refractivity contribution >= 4 is 51.1 Å². The first kappa shape index (κ1) is 29.3. The summed E-state index contributed by atoms with van der Waals surface area (Å²) in [6.07, 6.45) is 3.47. The molecule has 0 saturated carbocycles. The van der Waals surface area contributed by atoms with Crippen molar-refractivity contribution in [3.05, 3.63) is 99.5 Å². The van der Waals surface area contributed by atoms with Gasteiger partial charge in [-0.1, -0.05) is 83.3 Å². The number of amides is 2. The Morgan fingerprint density at radius 3 is 2.41 bits per heavy atom.